The summed E-state index contributed by atoms with van der Waals surface area (Å²) in [5.74, 6) is -0.279. The Bertz CT molecular complexity index is 774. The van der Waals surface area contributed by atoms with E-state index in [1.165, 1.54) is 0 Å². The molecule has 3 rings (SSSR count). The van der Waals surface area contributed by atoms with Gasteiger partial charge in [-0.2, -0.15) is 0 Å². The van der Waals surface area contributed by atoms with E-state index in [2.05, 4.69) is 0 Å². The van der Waals surface area contributed by atoms with Crippen molar-refractivity contribution in [3.05, 3.63) is 35.9 Å². The van der Waals surface area contributed by atoms with Crippen LogP contribution in [0.2, 0.25) is 0 Å². The van der Waals surface area contributed by atoms with Crippen molar-refractivity contribution >= 4 is 29.5 Å². The van der Waals surface area contributed by atoms with Gasteiger partial charge in [-0.3, -0.25) is 9.59 Å². The second-order valence-electron chi connectivity index (χ2n) is 8.25. The van der Waals surface area contributed by atoms with Gasteiger partial charge in [0.1, 0.15) is 10.9 Å². The van der Waals surface area contributed by atoms with E-state index in [9.17, 15) is 14.4 Å². The van der Waals surface area contributed by atoms with Crippen LogP contribution in [-0.2, 0) is 24.0 Å². The number of hydrogen-bond acceptors (Lipinski definition) is 5. The molecule has 0 unspecified atom stereocenters. The minimum Gasteiger partial charge on any atom is -0.451 e. The van der Waals surface area contributed by atoms with Crippen LogP contribution in [0.5, 0.6) is 0 Å². The standard InChI is InChI=1S/C22H30N2O4S/c1-14(2)23(15(3)4)20(26)16(5)28-21(27)18-13-29-22(12-11-19(25)24(18)22)17-9-7-6-8-10-17/h6-10,14-16,18H,11-13H2,1-5H3/t16-,18-,22-/m1/s1. The molecule has 0 aromatic heterocycles. The van der Waals surface area contributed by atoms with Crippen LogP contribution in [0.25, 0.3) is 0 Å². The molecule has 7 heteroatoms. The number of esters is 1. The van der Waals surface area contributed by atoms with Crippen molar-refractivity contribution in [2.45, 2.75) is 76.6 Å². The maximum atomic E-state index is 13.0. The van der Waals surface area contributed by atoms with E-state index in [1.807, 2.05) is 58.0 Å². The largest absolute Gasteiger partial charge is 0.451 e. The smallest absolute Gasteiger partial charge is 0.330 e. The Labute approximate surface area is 176 Å². The molecule has 0 saturated carbocycles. The van der Waals surface area contributed by atoms with Crippen molar-refractivity contribution in [3.8, 4) is 0 Å². The first kappa shape index (κ1) is 21.7. The molecule has 1 aromatic carbocycles. The van der Waals surface area contributed by atoms with E-state index >= 15 is 0 Å². The minimum absolute atomic E-state index is 0.0107. The zero-order chi connectivity index (χ0) is 21.3. The zero-order valence-electron chi connectivity index (χ0n) is 17.8. The minimum atomic E-state index is -0.887. The number of nitrogens with zero attached hydrogens (tertiary/aromatic N) is 2. The Hall–Kier alpha value is -2.02. The maximum Gasteiger partial charge on any atom is 0.330 e. The molecule has 158 valence electrons. The molecule has 0 spiro atoms. The normalized spacial score (nSPS) is 24.7. The molecule has 0 bridgehead atoms. The van der Waals surface area contributed by atoms with Crippen LogP contribution in [0.3, 0.4) is 0 Å². The molecule has 6 nitrogen and oxygen atoms in total. The lowest BCUT2D eigenvalue weighted by Gasteiger charge is -2.35. The summed E-state index contributed by atoms with van der Waals surface area (Å²) >= 11 is 1.61. The van der Waals surface area contributed by atoms with E-state index in [0.29, 0.717) is 18.6 Å². The second kappa shape index (κ2) is 8.38. The Kier molecular flexibility index (Phi) is 6.27. The third kappa shape index (κ3) is 3.89. The van der Waals surface area contributed by atoms with Crippen molar-refractivity contribution in [1.82, 2.24) is 9.80 Å². The predicted octanol–water partition coefficient (Wildman–Crippen LogP) is 3.15. The van der Waals surface area contributed by atoms with Gasteiger partial charge in [-0.1, -0.05) is 30.3 Å². The Balaban J connectivity index is 1.77. The third-order valence-corrected chi connectivity index (χ3v) is 7.23. The zero-order valence-corrected chi connectivity index (χ0v) is 18.6. The number of benzene rings is 1. The van der Waals surface area contributed by atoms with Gasteiger partial charge in [-0.15, -0.1) is 11.8 Å². The first-order valence-corrected chi connectivity index (χ1v) is 11.2. The highest BCUT2D eigenvalue weighted by molar-refractivity contribution is 8.00. The number of hydrogen-bond donors (Lipinski definition) is 0. The average Bonchev–Trinajstić information content (AvgIpc) is 3.21. The summed E-state index contributed by atoms with van der Waals surface area (Å²) in [4.78, 5) is 41.4. The van der Waals surface area contributed by atoms with Gasteiger partial charge in [0.15, 0.2) is 6.10 Å². The van der Waals surface area contributed by atoms with Crippen molar-refractivity contribution in [2.24, 2.45) is 0 Å². The third-order valence-electron chi connectivity index (χ3n) is 5.63. The van der Waals surface area contributed by atoms with Crippen molar-refractivity contribution in [2.75, 3.05) is 5.75 Å². The first-order valence-electron chi connectivity index (χ1n) is 10.2. The molecule has 2 amide bonds. The Morgan fingerprint density at radius 3 is 2.34 bits per heavy atom. The summed E-state index contributed by atoms with van der Waals surface area (Å²) in [6.07, 6.45) is 0.198. The molecule has 2 aliphatic rings. The molecular formula is C22H30N2O4S. The van der Waals surface area contributed by atoms with Crippen LogP contribution in [0.4, 0.5) is 0 Å². The van der Waals surface area contributed by atoms with E-state index < -0.39 is 23.0 Å². The lowest BCUT2D eigenvalue weighted by molar-refractivity contribution is -0.166. The molecular weight excluding hydrogens is 388 g/mol. The highest BCUT2D eigenvalue weighted by Crippen LogP contribution is 2.54. The second-order valence-corrected chi connectivity index (χ2v) is 9.55. The molecule has 1 aromatic rings. The topological polar surface area (TPSA) is 66.9 Å². The molecule has 2 heterocycles. The fourth-order valence-electron chi connectivity index (χ4n) is 4.43. The van der Waals surface area contributed by atoms with Crippen LogP contribution in [0, 0.1) is 0 Å². The maximum absolute atomic E-state index is 13.0. The van der Waals surface area contributed by atoms with Gasteiger partial charge < -0.3 is 14.5 Å². The molecule has 29 heavy (non-hydrogen) atoms. The Morgan fingerprint density at radius 1 is 1.14 bits per heavy atom. The van der Waals surface area contributed by atoms with E-state index in [4.69, 9.17) is 4.74 Å². The highest BCUT2D eigenvalue weighted by Gasteiger charge is 2.57. The van der Waals surface area contributed by atoms with Gasteiger partial charge in [0.2, 0.25) is 5.91 Å². The highest BCUT2D eigenvalue weighted by atomic mass is 32.2. The quantitative estimate of drug-likeness (QED) is 0.664. The number of fused-ring (bicyclic) bond motifs is 1. The Morgan fingerprint density at radius 2 is 1.76 bits per heavy atom. The molecule has 2 saturated heterocycles. The number of carbonyl (C=O) groups excluding carboxylic acids is 3. The average molecular weight is 419 g/mol. The summed E-state index contributed by atoms with van der Waals surface area (Å²) < 4.78 is 5.58. The lowest BCUT2D eigenvalue weighted by Crippen LogP contribution is -2.50. The van der Waals surface area contributed by atoms with Gasteiger partial charge in [-0.05, 0) is 46.6 Å². The van der Waals surface area contributed by atoms with Gasteiger partial charge in [-0.25, -0.2) is 4.79 Å². The van der Waals surface area contributed by atoms with Crippen LogP contribution in [-0.4, -0.2) is 57.6 Å². The summed E-state index contributed by atoms with van der Waals surface area (Å²) in [5, 5.41) is 0. The molecule has 2 fully saturated rings. The molecule has 0 N–H and O–H groups in total. The van der Waals surface area contributed by atoms with Gasteiger partial charge in [0.25, 0.3) is 5.91 Å². The lowest BCUT2D eigenvalue weighted by atomic mass is 10.0. The molecule has 0 radical (unpaired) electrons. The van der Waals surface area contributed by atoms with Gasteiger partial charge in [0.05, 0.1) is 0 Å². The number of rotatable bonds is 6. The molecule has 3 atom stereocenters. The number of ether oxygens (including phenoxy) is 1. The summed E-state index contributed by atoms with van der Waals surface area (Å²) in [6.45, 7) is 9.37. The van der Waals surface area contributed by atoms with Crippen LogP contribution in [0.1, 0.15) is 53.0 Å². The fourth-order valence-corrected chi connectivity index (χ4v) is 6.07. The predicted molar refractivity (Wildman–Crippen MR) is 113 cm³/mol. The number of carbonyl (C=O) groups is 3. The van der Waals surface area contributed by atoms with Crippen LogP contribution >= 0.6 is 11.8 Å². The molecule has 2 aliphatic heterocycles. The number of thioether (sulfide) groups is 1. The SMILES string of the molecule is CC(C)N(C(=O)[C@@H](C)OC(=O)[C@H]1CS[C@@]2(c3ccccc3)CCC(=O)N12)C(C)C. The van der Waals surface area contributed by atoms with Crippen molar-refractivity contribution in [1.29, 1.82) is 0 Å². The first-order chi connectivity index (χ1) is 13.7. The summed E-state index contributed by atoms with van der Waals surface area (Å²) in [7, 11) is 0. The van der Waals surface area contributed by atoms with Gasteiger partial charge >= 0.3 is 5.97 Å². The van der Waals surface area contributed by atoms with Gasteiger partial charge in [0, 0.05) is 24.3 Å². The number of amides is 2. The summed E-state index contributed by atoms with van der Waals surface area (Å²) in [5.41, 5.74) is 1.03. The summed E-state index contributed by atoms with van der Waals surface area (Å²) in [6, 6.07) is 9.19. The van der Waals surface area contributed by atoms with E-state index in [-0.39, 0.29) is 23.9 Å². The van der Waals surface area contributed by atoms with E-state index in [0.717, 1.165) is 5.56 Å². The van der Waals surface area contributed by atoms with Crippen molar-refractivity contribution in [3.63, 3.8) is 0 Å². The van der Waals surface area contributed by atoms with Crippen LogP contribution < -0.4 is 0 Å². The van der Waals surface area contributed by atoms with Crippen molar-refractivity contribution < 1.29 is 19.1 Å². The monoisotopic (exact) mass is 418 g/mol. The fraction of sp³-hybridized carbons (Fsp3) is 0.591. The van der Waals surface area contributed by atoms with Crippen LogP contribution in [0.15, 0.2) is 30.3 Å². The van der Waals surface area contributed by atoms with E-state index in [1.54, 1.807) is 28.5 Å². The molecule has 0 aliphatic carbocycles.